The Morgan fingerprint density at radius 1 is 1.24 bits per heavy atom. The van der Waals surface area contributed by atoms with Gasteiger partial charge in [0, 0.05) is 17.8 Å². The third-order valence-corrected chi connectivity index (χ3v) is 3.28. The number of amides is 2. The predicted molar refractivity (Wildman–Crippen MR) is 80.0 cm³/mol. The number of fused-ring (bicyclic) bond motifs is 1. The van der Waals surface area contributed by atoms with Gasteiger partial charge in [0.2, 0.25) is 5.91 Å². The standard InChI is InChI=1S/C15H14N4O2/c16-10-2-4-13(17-8-10)15(21)18-11-3-5-12-9(7-11)1-6-14(20)19-12/h2-5,7-8H,1,6,16H2,(H,18,21)(H,19,20). The van der Waals surface area contributed by atoms with Gasteiger partial charge in [0.15, 0.2) is 0 Å². The molecule has 0 aliphatic carbocycles. The molecule has 0 spiro atoms. The number of pyridine rings is 1. The van der Waals surface area contributed by atoms with Crippen LogP contribution in [0.2, 0.25) is 0 Å². The highest BCUT2D eigenvalue weighted by molar-refractivity contribution is 6.03. The number of rotatable bonds is 2. The Bertz CT molecular complexity index is 710. The SMILES string of the molecule is Nc1ccc(C(=O)Nc2ccc3c(c2)CCC(=O)N3)nc1. The van der Waals surface area contributed by atoms with Gasteiger partial charge in [-0.1, -0.05) is 0 Å². The van der Waals surface area contributed by atoms with Crippen LogP contribution >= 0.6 is 0 Å². The third kappa shape index (κ3) is 2.84. The Morgan fingerprint density at radius 2 is 2.10 bits per heavy atom. The maximum Gasteiger partial charge on any atom is 0.274 e. The lowest BCUT2D eigenvalue weighted by molar-refractivity contribution is -0.116. The summed E-state index contributed by atoms with van der Waals surface area (Å²) < 4.78 is 0. The van der Waals surface area contributed by atoms with E-state index in [1.807, 2.05) is 6.07 Å². The first-order chi connectivity index (χ1) is 10.1. The van der Waals surface area contributed by atoms with Gasteiger partial charge in [-0.15, -0.1) is 0 Å². The first kappa shape index (κ1) is 13.1. The summed E-state index contributed by atoms with van der Waals surface area (Å²) in [4.78, 5) is 27.3. The van der Waals surface area contributed by atoms with E-state index >= 15 is 0 Å². The molecule has 2 heterocycles. The number of aryl methyl sites for hydroxylation is 1. The molecule has 0 radical (unpaired) electrons. The molecule has 2 amide bonds. The number of nitrogens with two attached hydrogens (primary N) is 1. The first-order valence-corrected chi connectivity index (χ1v) is 6.57. The number of hydrogen-bond acceptors (Lipinski definition) is 4. The zero-order valence-corrected chi connectivity index (χ0v) is 11.2. The van der Waals surface area contributed by atoms with Gasteiger partial charge in [-0.25, -0.2) is 4.98 Å². The Morgan fingerprint density at radius 3 is 2.86 bits per heavy atom. The van der Waals surface area contributed by atoms with Crippen molar-refractivity contribution in [2.75, 3.05) is 16.4 Å². The number of anilines is 3. The molecular weight excluding hydrogens is 268 g/mol. The van der Waals surface area contributed by atoms with Gasteiger partial charge < -0.3 is 16.4 Å². The van der Waals surface area contributed by atoms with Crippen molar-refractivity contribution in [1.29, 1.82) is 0 Å². The molecule has 0 atom stereocenters. The maximum absolute atomic E-state index is 12.1. The van der Waals surface area contributed by atoms with Crippen molar-refractivity contribution < 1.29 is 9.59 Å². The molecule has 0 fully saturated rings. The molecule has 4 N–H and O–H groups in total. The van der Waals surface area contributed by atoms with E-state index in [1.165, 1.54) is 6.20 Å². The van der Waals surface area contributed by atoms with Gasteiger partial charge in [0.1, 0.15) is 5.69 Å². The molecule has 6 heteroatoms. The lowest BCUT2D eigenvalue weighted by atomic mass is 10.0. The lowest BCUT2D eigenvalue weighted by Crippen LogP contribution is -2.19. The summed E-state index contributed by atoms with van der Waals surface area (Å²) in [5.41, 5.74) is 8.84. The average molecular weight is 282 g/mol. The third-order valence-electron chi connectivity index (χ3n) is 3.28. The van der Waals surface area contributed by atoms with Crippen molar-refractivity contribution in [3.63, 3.8) is 0 Å². The fraction of sp³-hybridized carbons (Fsp3) is 0.133. The van der Waals surface area contributed by atoms with Crippen molar-refractivity contribution in [3.8, 4) is 0 Å². The number of nitrogen functional groups attached to an aromatic ring is 1. The van der Waals surface area contributed by atoms with Crippen LogP contribution in [0.15, 0.2) is 36.5 Å². The molecule has 0 saturated heterocycles. The highest BCUT2D eigenvalue weighted by Crippen LogP contribution is 2.25. The second-order valence-corrected chi connectivity index (χ2v) is 4.85. The molecule has 0 unspecified atom stereocenters. The molecule has 1 aliphatic rings. The number of hydrogen-bond donors (Lipinski definition) is 3. The highest BCUT2D eigenvalue weighted by Gasteiger charge is 2.15. The van der Waals surface area contributed by atoms with Crippen LogP contribution in [0.1, 0.15) is 22.5 Å². The summed E-state index contributed by atoms with van der Waals surface area (Å²) in [5, 5.41) is 5.58. The van der Waals surface area contributed by atoms with Crippen molar-refractivity contribution >= 4 is 28.9 Å². The maximum atomic E-state index is 12.1. The summed E-state index contributed by atoms with van der Waals surface area (Å²) in [7, 11) is 0. The van der Waals surface area contributed by atoms with Gasteiger partial charge in [0.05, 0.1) is 11.9 Å². The Hall–Kier alpha value is -2.89. The van der Waals surface area contributed by atoms with Crippen LogP contribution in [0.25, 0.3) is 0 Å². The number of carbonyl (C=O) groups excluding carboxylic acids is 2. The van der Waals surface area contributed by atoms with Crippen LogP contribution in [0.5, 0.6) is 0 Å². The van der Waals surface area contributed by atoms with Gasteiger partial charge in [-0.2, -0.15) is 0 Å². The Labute approximate surface area is 121 Å². The zero-order valence-electron chi connectivity index (χ0n) is 11.2. The summed E-state index contributed by atoms with van der Waals surface area (Å²) in [5.74, 6) is -0.278. The van der Waals surface area contributed by atoms with Crippen LogP contribution in [-0.2, 0) is 11.2 Å². The Balaban J connectivity index is 1.77. The van der Waals surface area contributed by atoms with Crippen LogP contribution in [0.3, 0.4) is 0 Å². The molecule has 21 heavy (non-hydrogen) atoms. The highest BCUT2D eigenvalue weighted by atomic mass is 16.2. The van der Waals surface area contributed by atoms with E-state index in [9.17, 15) is 9.59 Å². The minimum absolute atomic E-state index is 0.0189. The lowest BCUT2D eigenvalue weighted by Gasteiger charge is -2.17. The fourth-order valence-corrected chi connectivity index (χ4v) is 2.20. The largest absolute Gasteiger partial charge is 0.397 e. The topological polar surface area (TPSA) is 97.1 Å². The second-order valence-electron chi connectivity index (χ2n) is 4.85. The van der Waals surface area contributed by atoms with Gasteiger partial charge in [0.25, 0.3) is 5.91 Å². The molecule has 0 saturated carbocycles. The van der Waals surface area contributed by atoms with E-state index in [-0.39, 0.29) is 11.8 Å². The molecular formula is C15H14N4O2. The number of nitrogens with one attached hydrogen (secondary N) is 2. The van der Waals surface area contributed by atoms with E-state index in [4.69, 9.17) is 5.73 Å². The molecule has 1 aliphatic heterocycles. The first-order valence-electron chi connectivity index (χ1n) is 6.57. The van der Waals surface area contributed by atoms with Crippen LogP contribution in [0, 0.1) is 0 Å². The van der Waals surface area contributed by atoms with Crippen LogP contribution < -0.4 is 16.4 Å². The van der Waals surface area contributed by atoms with E-state index < -0.39 is 0 Å². The van der Waals surface area contributed by atoms with E-state index in [1.54, 1.807) is 24.3 Å². The molecule has 6 nitrogen and oxygen atoms in total. The smallest absolute Gasteiger partial charge is 0.274 e. The van der Waals surface area contributed by atoms with Crippen LogP contribution in [-0.4, -0.2) is 16.8 Å². The van der Waals surface area contributed by atoms with E-state index in [0.29, 0.717) is 29.9 Å². The minimum atomic E-state index is -0.296. The number of carbonyl (C=O) groups is 2. The van der Waals surface area contributed by atoms with Gasteiger partial charge in [-0.05, 0) is 42.3 Å². The summed E-state index contributed by atoms with van der Waals surface area (Å²) in [6.45, 7) is 0. The van der Waals surface area contributed by atoms with Crippen molar-refractivity contribution in [2.24, 2.45) is 0 Å². The minimum Gasteiger partial charge on any atom is -0.397 e. The number of nitrogens with zero attached hydrogens (tertiary/aromatic N) is 1. The van der Waals surface area contributed by atoms with Gasteiger partial charge >= 0.3 is 0 Å². The quantitative estimate of drug-likeness (QED) is 0.782. The monoisotopic (exact) mass is 282 g/mol. The average Bonchev–Trinajstić information content (AvgIpc) is 2.48. The molecule has 106 valence electrons. The fourth-order valence-electron chi connectivity index (χ4n) is 2.20. The predicted octanol–water partition coefficient (Wildman–Crippen LogP) is 1.80. The van der Waals surface area contributed by atoms with Crippen LogP contribution in [0.4, 0.5) is 17.1 Å². The molecule has 3 rings (SSSR count). The second kappa shape index (κ2) is 5.24. The molecule has 1 aromatic carbocycles. The summed E-state index contributed by atoms with van der Waals surface area (Å²) in [6, 6.07) is 8.61. The number of aromatic nitrogens is 1. The molecule has 1 aromatic heterocycles. The molecule has 2 aromatic rings. The Kier molecular flexibility index (Phi) is 3.27. The van der Waals surface area contributed by atoms with Crippen molar-refractivity contribution in [3.05, 3.63) is 47.8 Å². The summed E-state index contributed by atoms with van der Waals surface area (Å²) in [6.07, 6.45) is 2.58. The van der Waals surface area contributed by atoms with E-state index in [0.717, 1.165) is 11.3 Å². The van der Waals surface area contributed by atoms with Crippen molar-refractivity contribution in [2.45, 2.75) is 12.8 Å². The van der Waals surface area contributed by atoms with Gasteiger partial charge in [-0.3, -0.25) is 9.59 Å². The zero-order chi connectivity index (χ0) is 14.8. The normalized spacial score (nSPS) is 13.2. The molecule has 0 bridgehead atoms. The van der Waals surface area contributed by atoms with E-state index in [2.05, 4.69) is 15.6 Å². The number of benzene rings is 1. The summed E-state index contributed by atoms with van der Waals surface area (Å²) >= 11 is 0. The van der Waals surface area contributed by atoms with Crippen molar-refractivity contribution in [1.82, 2.24) is 4.98 Å².